The Kier molecular flexibility index (Phi) is 3.95. The van der Waals surface area contributed by atoms with Crippen LogP contribution in [-0.2, 0) is 0 Å². The molecule has 0 spiro atoms. The Morgan fingerprint density at radius 1 is 0.739 bits per heavy atom. The summed E-state index contributed by atoms with van der Waals surface area (Å²) in [4.78, 5) is 9.37. The third kappa shape index (κ3) is 2.82. The number of fused-ring (bicyclic) bond motifs is 2. The predicted molar refractivity (Wildman–Crippen MR) is 106 cm³/mol. The average Bonchev–Trinajstić information content (AvgIpc) is 2.54. The monoisotopic (exact) mass is 490 g/mol. The van der Waals surface area contributed by atoms with Gasteiger partial charge in [-0.1, -0.05) is 34.1 Å². The van der Waals surface area contributed by atoms with Gasteiger partial charge in [-0.15, -0.1) is 0 Å². The molecule has 112 valence electrons. The number of benzene rings is 2. The fourth-order valence-electron chi connectivity index (χ4n) is 2.58. The van der Waals surface area contributed by atoms with Crippen LogP contribution >= 0.6 is 47.8 Å². The molecule has 23 heavy (non-hydrogen) atoms. The van der Waals surface area contributed by atoms with E-state index < -0.39 is 0 Å². The van der Waals surface area contributed by atoms with Crippen molar-refractivity contribution >= 4 is 69.6 Å². The number of hydrogen-bond acceptors (Lipinski definition) is 2. The van der Waals surface area contributed by atoms with Crippen molar-refractivity contribution in [3.05, 3.63) is 68.1 Å². The summed E-state index contributed by atoms with van der Waals surface area (Å²) in [6.45, 7) is 0. The number of para-hydroxylation sites is 1. The summed E-state index contributed by atoms with van der Waals surface area (Å²) in [6, 6.07) is 16.4. The van der Waals surface area contributed by atoms with Crippen molar-refractivity contribution in [1.29, 1.82) is 0 Å². The van der Waals surface area contributed by atoms with Gasteiger partial charge in [0.25, 0.3) is 0 Å². The average molecular weight is 493 g/mol. The standard InChI is InChI=1S/C18H9Br3N2/c19-13-7-11-6-12(9-22-17(11)15(21)8-13)16-5-4-10-2-1-3-14(20)18(10)23-16/h1-9H. The molecule has 2 aromatic heterocycles. The molecule has 0 unspecified atom stereocenters. The first-order valence-corrected chi connectivity index (χ1v) is 9.30. The Bertz CT molecular complexity index is 1060. The summed E-state index contributed by atoms with van der Waals surface area (Å²) >= 11 is 10.7. The van der Waals surface area contributed by atoms with Crippen LogP contribution in [0.4, 0.5) is 0 Å². The van der Waals surface area contributed by atoms with E-state index in [2.05, 4.69) is 77.0 Å². The van der Waals surface area contributed by atoms with Gasteiger partial charge < -0.3 is 0 Å². The molecule has 4 aromatic rings. The zero-order chi connectivity index (χ0) is 16.0. The highest BCUT2D eigenvalue weighted by molar-refractivity contribution is 9.11. The zero-order valence-corrected chi connectivity index (χ0v) is 16.5. The second-order valence-corrected chi connectivity index (χ2v) is 7.82. The first-order valence-electron chi connectivity index (χ1n) is 6.92. The largest absolute Gasteiger partial charge is 0.254 e. The highest BCUT2D eigenvalue weighted by Crippen LogP contribution is 2.31. The molecule has 0 radical (unpaired) electrons. The van der Waals surface area contributed by atoms with E-state index in [9.17, 15) is 0 Å². The Labute approximate surface area is 158 Å². The number of pyridine rings is 2. The van der Waals surface area contributed by atoms with Crippen LogP contribution in [0.25, 0.3) is 33.1 Å². The van der Waals surface area contributed by atoms with Gasteiger partial charge in [0.2, 0.25) is 0 Å². The van der Waals surface area contributed by atoms with Crippen molar-refractivity contribution in [2.45, 2.75) is 0 Å². The Hall–Kier alpha value is -1.30. The number of aromatic nitrogens is 2. The molecule has 0 bridgehead atoms. The molecular formula is C18H9Br3N2. The van der Waals surface area contributed by atoms with E-state index in [0.29, 0.717) is 0 Å². The molecule has 0 aliphatic heterocycles. The van der Waals surface area contributed by atoms with Crippen LogP contribution in [0.5, 0.6) is 0 Å². The summed E-state index contributed by atoms with van der Waals surface area (Å²) in [5.41, 5.74) is 3.81. The molecule has 0 aliphatic carbocycles. The Morgan fingerprint density at radius 3 is 2.48 bits per heavy atom. The maximum absolute atomic E-state index is 4.79. The van der Waals surface area contributed by atoms with Crippen LogP contribution in [0.2, 0.25) is 0 Å². The lowest BCUT2D eigenvalue weighted by Crippen LogP contribution is -1.89. The predicted octanol–water partition coefficient (Wildman–Crippen LogP) is 6.74. The highest BCUT2D eigenvalue weighted by Gasteiger charge is 2.08. The molecule has 0 fully saturated rings. The van der Waals surface area contributed by atoms with Crippen LogP contribution in [0.3, 0.4) is 0 Å². The Morgan fingerprint density at radius 2 is 1.61 bits per heavy atom. The highest BCUT2D eigenvalue weighted by atomic mass is 79.9. The summed E-state index contributed by atoms with van der Waals surface area (Å²) in [6.07, 6.45) is 1.87. The van der Waals surface area contributed by atoms with E-state index in [1.54, 1.807) is 0 Å². The molecule has 0 saturated heterocycles. The lowest BCUT2D eigenvalue weighted by molar-refractivity contribution is 1.34. The third-order valence-corrected chi connectivity index (χ3v) is 5.37. The van der Waals surface area contributed by atoms with E-state index in [4.69, 9.17) is 4.98 Å². The first kappa shape index (κ1) is 15.2. The minimum Gasteiger partial charge on any atom is -0.254 e. The summed E-state index contributed by atoms with van der Waals surface area (Å²) in [5.74, 6) is 0. The number of rotatable bonds is 1. The van der Waals surface area contributed by atoms with Gasteiger partial charge in [-0.3, -0.25) is 4.98 Å². The van der Waals surface area contributed by atoms with Gasteiger partial charge in [0.05, 0.1) is 16.7 Å². The van der Waals surface area contributed by atoms with Crippen LogP contribution in [0, 0.1) is 0 Å². The second-order valence-electron chi connectivity index (χ2n) is 5.19. The first-order chi connectivity index (χ1) is 11.1. The van der Waals surface area contributed by atoms with Crippen molar-refractivity contribution in [3.8, 4) is 11.3 Å². The smallest absolute Gasteiger partial charge is 0.0851 e. The van der Waals surface area contributed by atoms with Crippen LogP contribution in [-0.4, -0.2) is 9.97 Å². The van der Waals surface area contributed by atoms with Crippen molar-refractivity contribution < 1.29 is 0 Å². The molecule has 0 atom stereocenters. The van der Waals surface area contributed by atoms with Crippen molar-refractivity contribution in [3.63, 3.8) is 0 Å². The van der Waals surface area contributed by atoms with E-state index >= 15 is 0 Å². The van der Waals surface area contributed by atoms with Crippen molar-refractivity contribution in [2.24, 2.45) is 0 Å². The summed E-state index contributed by atoms with van der Waals surface area (Å²) in [5, 5.41) is 2.18. The van der Waals surface area contributed by atoms with Gasteiger partial charge in [-0.05, 0) is 62.2 Å². The normalized spacial score (nSPS) is 11.3. The number of halogens is 3. The maximum atomic E-state index is 4.79. The van der Waals surface area contributed by atoms with E-state index in [1.165, 1.54) is 0 Å². The zero-order valence-electron chi connectivity index (χ0n) is 11.7. The summed E-state index contributed by atoms with van der Waals surface area (Å²) < 4.78 is 2.99. The SMILES string of the molecule is Brc1cc(Br)c2ncc(-c3ccc4cccc(Br)c4n3)cc2c1. The van der Waals surface area contributed by atoms with Crippen LogP contribution < -0.4 is 0 Å². The molecule has 0 aliphatic rings. The quantitative estimate of drug-likeness (QED) is 0.294. The van der Waals surface area contributed by atoms with E-state index in [1.807, 2.05) is 30.5 Å². The molecule has 0 N–H and O–H groups in total. The number of nitrogens with zero attached hydrogens (tertiary/aromatic N) is 2. The maximum Gasteiger partial charge on any atom is 0.0851 e. The van der Waals surface area contributed by atoms with Gasteiger partial charge in [-0.2, -0.15) is 0 Å². The third-order valence-electron chi connectivity index (χ3n) is 3.67. The molecule has 0 amide bonds. The minimum absolute atomic E-state index is 0.912. The Balaban J connectivity index is 1.93. The van der Waals surface area contributed by atoms with E-state index in [-0.39, 0.29) is 0 Å². The summed E-state index contributed by atoms with van der Waals surface area (Å²) in [7, 11) is 0. The van der Waals surface area contributed by atoms with Crippen molar-refractivity contribution in [1.82, 2.24) is 9.97 Å². The molecule has 4 rings (SSSR count). The van der Waals surface area contributed by atoms with Crippen LogP contribution in [0.15, 0.2) is 68.1 Å². The fraction of sp³-hybridized carbons (Fsp3) is 0. The topological polar surface area (TPSA) is 25.8 Å². The second kappa shape index (κ2) is 5.96. The van der Waals surface area contributed by atoms with Gasteiger partial charge in [0, 0.05) is 36.0 Å². The molecule has 2 aromatic carbocycles. The van der Waals surface area contributed by atoms with Gasteiger partial charge in [0.1, 0.15) is 0 Å². The molecule has 2 heterocycles. The van der Waals surface area contributed by atoms with Crippen molar-refractivity contribution in [2.75, 3.05) is 0 Å². The van der Waals surface area contributed by atoms with Gasteiger partial charge >= 0.3 is 0 Å². The van der Waals surface area contributed by atoms with Gasteiger partial charge in [0.15, 0.2) is 0 Å². The molecule has 5 heteroatoms. The molecule has 0 saturated carbocycles. The van der Waals surface area contributed by atoms with Gasteiger partial charge in [-0.25, -0.2) is 4.98 Å². The minimum atomic E-state index is 0.912. The number of hydrogen-bond donors (Lipinski definition) is 0. The lowest BCUT2D eigenvalue weighted by atomic mass is 10.1. The molecule has 2 nitrogen and oxygen atoms in total. The van der Waals surface area contributed by atoms with E-state index in [0.717, 1.165) is 46.5 Å². The fourth-order valence-corrected chi connectivity index (χ4v) is 4.41. The molecular weight excluding hydrogens is 484 g/mol. The van der Waals surface area contributed by atoms with Crippen LogP contribution in [0.1, 0.15) is 0 Å². The lowest BCUT2D eigenvalue weighted by Gasteiger charge is -2.07.